The molecular formula is C16H23N3O2S. The highest BCUT2D eigenvalue weighted by molar-refractivity contribution is 7.99. The number of primary amides is 1. The SMILES string of the molecule is NC(=O)CCSc1ccccc1NC(=O)CCC1CCNC1. The summed E-state index contributed by atoms with van der Waals surface area (Å²) in [6, 6.07) is 7.66. The number of amides is 2. The molecule has 6 heteroatoms. The number of nitrogens with two attached hydrogens (primary N) is 1. The molecule has 1 aliphatic heterocycles. The van der Waals surface area contributed by atoms with Gasteiger partial charge in [0, 0.05) is 23.5 Å². The van der Waals surface area contributed by atoms with Crippen molar-refractivity contribution < 1.29 is 9.59 Å². The molecule has 2 rings (SSSR count). The van der Waals surface area contributed by atoms with Gasteiger partial charge in [-0.1, -0.05) is 12.1 Å². The van der Waals surface area contributed by atoms with E-state index < -0.39 is 0 Å². The molecule has 0 radical (unpaired) electrons. The first-order valence-electron chi connectivity index (χ1n) is 7.66. The van der Waals surface area contributed by atoms with Crippen molar-refractivity contribution in [2.24, 2.45) is 11.7 Å². The Morgan fingerprint density at radius 1 is 1.32 bits per heavy atom. The van der Waals surface area contributed by atoms with Crippen molar-refractivity contribution in [3.05, 3.63) is 24.3 Å². The van der Waals surface area contributed by atoms with Crippen LogP contribution in [0.25, 0.3) is 0 Å². The van der Waals surface area contributed by atoms with E-state index in [1.807, 2.05) is 24.3 Å². The second-order valence-corrected chi connectivity index (χ2v) is 6.64. The Bertz CT molecular complexity index is 516. The molecule has 0 spiro atoms. The smallest absolute Gasteiger partial charge is 0.224 e. The fourth-order valence-electron chi connectivity index (χ4n) is 2.47. The van der Waals surface area contributed by atoms with E-state index in [1.54, 1.807) is 0 Å². The zero-order chi connectivity index (χ0) is 15.8. The summed E-state index contributed by atoms with van der Waals surface area (Å²) in [5.41, 5.74) is 5.96. The maximum absolute atomic E-state index is 12.1. The molecule has 1 atom stereocenters. The lowest BCUT2D eigenvalue weighted by molar-refractivity contribution is -0.118. The van der Waals surface area contributed by atoms with Crippen molar-refractivity contribution in [2.45, 2.75) is 30.6 Å². The van der Waals surface area contributed by atoms with Gasteiger partial charge < -0.3 is 16.4 Å². The standard InChI is InChI=1S/C16H23N3O2S/c17-15(20)8-10-22-14-4-2-1-3-13(14)19-16(21)6-5-12-7-9-18-11-12/h1-4,12,18H,5-11H2,(H2,17,20)(H,19,21). The highest BCUT2D eigenvalue weighted by Crippen LogP contribution is 2.27. The fraction of sp³-hybridized carbons (Fsp3) is 0.500. The average molecular weight is 321 g/mol. The number of carbonyl (C=O) groups is 2. The van der Waals surface area contributed by atoms with E-state index in [9.17, 15) is 9.59 Å². The third kappa shape index (κ3) is 5.69. The molecular weight excluding hydrogens is 298 g/mol. The third-order valence-electron chi connectivity index (χ3n) is 3.71. The minimum Gasteiger partial charge on any atom is -0.370 e. The van der Waals surface area contributed by atoms with Crippen molar-refractivity contribution in [3.8, 4) is 0 Å². The summed E-state index contributed by atoms with van der Waals surface area (Å²) in [4.78, 5) is 23.9. The minimum atomic E-state index is -0.306. The molecule has 0 saturated carbocycles. The summed E-state index contributed by atoms with van der Waals surface area (Å²) in [5, 5.41) is 6.29. The number of rotatable bonds is 8. The second kappa shape index (κ2) is 8.80. The van der Waals surface area contributed by atoms with Crippen LogP contribution >= 0.6 is 11.8 Å². The summed E-state index contributed by atoms with van der Waals surface area (Å²) >= 11 is 1.54. The van der Waals surface area contributed by atoms with Gasteiger partial charge in [0.05, 0.1) is 5.69 Å². The Morgan fingerprint density at radius 3 is 2.86 bits per heavy atom. The zero-order valence-corrected chi connectivity index (χ0v) is 13.5. The van der Waals surface area contributed by atoms with Crippen molar-refractivity contribution in [3.63, 3.8) is 0 Å². The average Bonchev–Trinajstić information content (AvgIpc) is 3.00. The van der Waals surface area contributed by atoms with E-state index in [4.69, 9.17) is 5.73 Å². The van der Waals surface area contributed by atoms with Crippen LogP contribution in [0, 0.1) is 5.92 Å². The number of hydrogen-bond donors (Lipinski definition) is 3. The van der Waals surface area contributed by atoms with E-state index in [2.05, 4.69) is 10.6 Å². The van der Waals surface area contributed by atoms with E-state index >= 15 is 0 Å². The monoisotopic (exact) mass is 321 g/mol. The molecule has 0 bridgehead atoms. The van der Waals surface area contributed by atoms with Gasteiger partial charge in [0.2, 0.25) is 11.8 Å². The number of carbonyl (C=O) groups excluding carboxylic acids is 2. The van der Waals surface area contributed by atoms with Crippen LogP contribution < -0.4 is 16.4 Å². The molecule has 1 aliphatic rings. The van der Waals surface area contributed by atoms with Crippen LogP contribution in [0.15, 0.2) is 29.2 Å². The van der Waals surface area contributed by atoms with E-state index in [-0.39, 0.29) is 11.8 Å². The number of nitrogens with one attached hydrogen (secondary N) is 2. The predicted molar refractivity (Wildman–Crippen MR) is 89.8 cm³/mol. The molecule has 1 aromatic carbocycles. The molecule has 120 valence electrons. The number of anilines is 1. The van der Waals surface area contributed by atoms with Gasteiger partial charge in [-0.05, 0) is 44.0 Å². The molecule has 22 heavy (non-hydrogen) atoms. The lowest BCUT2D eigenvalue weighted by atomic mass is 10.0. The van der Waals surface area contributed by atoms with Crippen LogP contribution in [0.5, 0.6) is 0 Å². The Morgan fingerprint density at radius 2 is 2.14 bits per heavy atom. The zero-order valence-electron chi connectivity index (χ0n) is 12.6. The van der Waals surface area contributed by atoms with Gasteiger partial charge in [-0.2, -0.15) is 0 Å². The summed E-state index contributed by atoms with van der Waals surface area (Å²) in [5.74, 6) is 0.982. The molecule has 0 aromatic heterocycles. The molecule has 0 aliphatic carbocycles. The van der Waals surface area contributed by atoms with Gasteiger partial charge in [-0.3, -0.25) is 9.59 Å². The summed E-state index contributed by atoms with van der Waals surface area (Å²) in [7, 11) is 0. The van der Waals surface area contributed by atoms with Crippen molar-refractivity contribution in [1.29, 1.82) is 0 Å². The summed E-state index contributed by atoms with van der Waals surface area (Å²) in [6.07, 6.45) is 2.97. The summed E-state index contributed by atoms with van der Waals surface area (Å²) in [6.45, 7) is 2.08. The Kier molecular flexibility index (Phi) is 6.74. The molecule has 1 unspecified atom stereocenters. The first kappa shape index (κ1) is 16.8. The van der Waals surface area contributed by atoms with Crippen molar-refractivity contribution in [2.75, 3.05) is 24.2 Å². The Hall–Kier alpha value is -1.53. The maximum Gasteiger partial charge on any atom is 0.224 e. The number of hydrogen-bond acceptors (Lipinski definition) is 4. The maximum atomic E-state index is 12.1. The highest BCUT2D eigenvalue weighted by Gasteiger charge is 2.16. The van der Waals surface area contributed by atoms with E-state index in [0.29, 0.717) is 24.5 Å². The Labute approximate surface area is 135 Å². The molecule has 1 heterocycles. The lowest BCUT2D eigenvalue weighted by Crippen LogP contribution is -2.15. The molecule has 5 nitrogen and oxygen atoms in total. The minimum absolute atomic E-state index is 0.0508. The normalized spacial score (nSPS) is 17.4. The van der Waals surface area contributed by atoms with E-state index in [0.717, 1.165) is 36.5 Å². The van der Waals surface area contributed by atoms with Gasteiger partial charge >= 0.3 is 0 Å². The Balaban J connectivity index is 1.82. The fourth-order valence-corrected chi connectivity index (χ4v) is 3.44. The van der Waals surface area contributed by atoms with Gasteiger partial charge in [0.1, 0.15) is 0 Å². The molecule has 1 fully saturated rings. The topological polar surface area (TPSA) is 84.2 Å². The lowest BCUT2D eigenvalue weighted by Gasteiger charge is -2.12. The van der Waals surface area contributed by atoms with Crippen LogP contribution in [-0.4, -0.2) is 30.7 Å². The first-order valence-corrected chi connectivity index (χ1v) is 8.64. The second-order valence-electron chi connectivity index (χ2n) is 5.51. The molecule has 1 saturated heterocycles. The van der Waals surface area contributed by atoms with Gasteiger partial charge in [-0.15, -0.1) is 11.8 Å². The predicted octanol–water partition coefficient (Wildman–Crippen LogP) is 1.98. The number of para-hydroxylation sites is 1. The van der Waals surface area contributed by atoms with Crippen LogP contribution in [-0.2, 0) is 9.59 Å². The van der Waals surface area contributed by atoms with Crippen LogP contribution in [0.2, 0.25) is 0 Å². The number of thioether (sulfide) groups is 1. The van der Waals surface area contributed by atoms with Crippen LogP contribution in [0.4, 0.5) is 5.69 Å². The van der Waals surface area contributed by atoms with Crippen LogP contribution in [0.3, 0.4) is 0 Å². The van der Waals surface area contributed by atoms with Crippen LogP contribution in [0.1, 0.15) is 25.7 Å². The number of benzene rings is 1. The largest absolute Gasteiger partial charge is 0.370 e. The molecule has 4 N–H and O–H groups in total. The van der Waals surface area contributed by atoms with Gasteiger partial charge in [0.15, 0.2) is 0 Å². The molecule has 2 amide bonds. The van der Waals surface area contributed by atoms with Crippen molar-refractivity contribution in [1.82, 2.24) is 5.32 Å². The first-order chi connectivity index (χ1) is 10.6. The van der Waals surface area contributed by atoms with Gasteiger partial charge in [0.25, 0.3) is 0 Å². The third-order valence-corrected chi connectivity index (χ3v) is 4.78. The highest BCUT2D eigenvalue weighted by atomic mass is 32.2. The van der Waals surface area contributed by atoms with E-state index in [1.165, 1.54) is 11.8 Å². The molecule has 1 aromatic rings. The summed E-state index contributed by atoms with van der Waals surface area (Å²) < 4.78 is 0. The quantitative estimate of drug-likeness (QED) is 0.639. The van der Waals surface area contributed by atoms with Crippen molar-refractivity contribution >= 4 is 29.3 Å². The van der Waals surface area contributed by atoms with Gasteiger partial charge in [-0.25, -0.2) is 0 Å².